The van der Waals surface area contributed by atoms with E-state index in [1.54, 1.807) is 19.1 Å². The highest BCUT2D eigenvalue weighted by Crippen LogP contribution is 2.21. The number of hydrogen-bond acceptors (Lipinski definition) is 4. The lowest BCUT2D eigenvalue weighted by Crippen LogP contribution is -2.44. The first-order valence-electron chi connectivity index (χ1n) is 9.54. The molecule has 0 aliphatic rings. The van der Waals surface area contributed by atoms with Crippen LogP contribution in [0.5, 0.6) is 0 Å². The Labute approximate surface area is 166 Å². The third-order valence-corrected chi connectivity index (χ3v) is 4.16. The number of carbonyl (C=O) groups is 1. The normalized spacial score (nSPS) is 13.7. The second-order valence-electron chi connectivity index (χ2n) is 6.79. The minimum atomic E-state index is -1.16. The van der Waals surface area contributed by atoms with Gasteiger partial charge >= 0.3 is 0 Å². The fraction of sp³-hybridized carbons (Fsp3) is 0.429. The summed E-state index contributed by atoms with van der Waals surface area (Å²) in [6.07, 6.45) is 0. The van der Waals surface area contributed by atoms with Crippen LogP contribution < -0.4 is 16.0 Å². The Morgan fingerprint density at radius 1 is 1.14 bits per heavy atom. The smallest absolute Gasteiger partial charge is 0.251 e. The van der Waals surface area contributed by atoms with Crippen molar-refractivity contribution in [2.45, 2.75) is 39.8 Å². The van der Waals surface area contributed by atoms with E-state index >= 15 is 0 Å². The molecule has 0 saturated carbocycles. The molecule has 4 N–H and O–H groups in total. The van der Waals surface area contributed by atoms with Gasteiger partial charge in [-0.2, -0.15) is 0 Å². The molecule has 0 saturated heterocycles. The summed E-state index contributed by atoms with van der Waals surface area (Å²) >= 11 is 0. The number of aliphatic imine (C=N–C) groups is 1. The number of rotatable bonds is 8. The third-order valence-electron chi connectivity index (χ3n) is 4.16. The molecule has 0 radical (unpaired) electrons. The zero-order chi connectivity index (χ0) is 20.6. The maximum Gasteiger partial charge on any atom is 0.251 e. The van der Waals surface area contributed by atoms with Crippen LogP contribution in [0.2, 0.25) is 0 Å². The first kappa shape index (κ1) is 21.5. The van der Waals surface area contributed by atoms with Crippen LogP contribution in [0.3, 0.4) is 0 Å². The molecule has 2 aromatic rings. The molecule has 0 aliphatic carbocycles. The quantitative estimate of drug-likeness (QED) is 0.412. The Hall–Kier alpha value is -2.80. The lowest BCUT2D eigenvalue weighted by atomic mass is 10.0. The number of guanidine groups is 1. The first-order valence-corrected chi connectivity index (χ1v) is 9.54. The van der Waals surface area contributed by atoms with Gasteiger partial charge in [-0.15, -0.1) is 0 Å². The molecule has 2 rings (SSSR count). The Balaban J connectivity index is 2.04. The van der Waals surface area contributed by atoms with E-state index in [2.05, 4.69) is 20.9 Å². The van der Waals surface area contributed by atoms with Gasteiger partial charge in [0.1, 0.15) is 17.1 Å². The number of aliphatic hydroxyl groups is 1. The monoisotopic (exact) mass is 386 g/mol. The predicted octanol–water partition coefficient (Wildman–Crippen LogP) is 2.30. The molecule has 0 bridgehead atoms. The van der Waals surface area contributed by atoms with E-state index in [9.17, 15) is 9.90 Å². The summed E-state index contributed by atoms with van der Waals surface area (Å²) in [5.41, 5.74) is 0.376. The number of aryl methyl sites for hydroxylation is 1. The average Bonchev–Trinajstić information content (AvgIpc) is 3.12. The van der Waals surface area contributed by atoms with E-state index in [1.165, 1.54) is 0 Å². The van der Waals surface area contributed by atoms with E-state index in [0.29, 0.717) is 36.9 Å². The summed E-state index contributed by atoms with van der Waals surface area (Å²) in [6, 6.07) is 11.0. The molecular weight excluding hydrogens is 356 g/mol. The van der Waals surface area contributed by atoms with Gasteiger partial charge in [-0.1, -0.05) is 12.1 Å². The molecule has 1 atom stereocenters. The fourth-order valence-electron chi connectivity index (χ4n) is 2.65. The van der Waals surface area contributed by atoms with Crippen LogP contribution in [0, 0.1) is 6.92 Å². The van der Waals surface area contributed by atoms with Crippen molar-refractivity contribution in [3.63, 3.8) is 0 Å². The summed E-state index contributed by atoms with van der Waals surface area (Å²) < 4.78 is 5.54. The predicted molar refractivity (Wildman–Crippen MR) is 110 cm³/mol. The van der Waals surface area contributed by atoms with Crippen LogP contribution in [0.4, 0.5) is 0 Å². The third kappa shape index (κ3) is 6.13. The van der Waals surface area contributed by atoms with E-state index in [1.807, 2.05) is 45.0 Å². The summed E-state index contributed by atoms with van der Waals surface area (Å²) in [4.78, 5) is 16.5. The largest absolute Gasteiger partial charge is 0.463 e. The van der Waals surface area contributed by atoms with Crippen LogP contribution in [-0.2, 0) is 12.1 Å². The number of amides is 1. The molecule has 0 fully saturated rings. The van der Waals surface area contributed by atoms with Crippen LogP contribution in [0.15, 0.2) is 45.8 Å². The second-order valence-corrected chi connectivity index (χ2v) is 6.79. The zero-order valence-corrected chi connectivity index (χ0v) is 17.0. The molecule has 1 aromatic heterocycles. The van der Waals surface area contributed by atoms with Gasteiger partial charge in [0, 0.05) is 18.7 Å². The maximum atomic E-state index is 12.0. The Morgan fingerprint density at radius 3 is 2.54 bits per heavy atom. The van der Waals surface area contributed by atoms with Crippen LogP contribution in [0.25, 0.3) is 0 Å². The van der Waals surface area contributed by atoms with Crippen molar-refractivity contribution in [2.24, 2.45) is 4.99 Å². The molecule has 0 aliphatic heterocycles. The fourth-order valence-corrected chi connectivity index (χ4v) is 2.65. The average molecular weight is 386 g/mol. The Bertz CT molecular complexity index is 811. The number of nitrogens with zero attached hydrogens (tertiary/aromatic N) is 1. The lowest BCUT2D eigenvalue weighted by Gasteiger charge is -2.22. The molecule has 1 aromatic carbocycles. The topological polar surface area (TPSA) is 98.9 Å². The van der Waals surface area contributed by atoms with Gasteiger partial charge in [-0.05, 0) is 57.5 Å². The highest BCUT2D eigenvalue weighted by Gasteiger charge is 2.27. The summed E-state index contributed by atoms with van der Waals surface area (Å²) in [6.45, 7) is 9.32. The minimum absolute atomic E-state index is 0.0943. The van der Waals surface area contributed by atoms with Crippen molar-refractivity contribution in [2.75, 3.05) is 19.6 Å². The molecule has 7 heteroatoms. The number of benzene rings is 1. The molecule has 1 unspecified atom stereocenters. The van der Waals surface area contributed by atoms with Crippen molar-refractivity contribution < 1.29 is 14.3 Å². The number of hydrogen-bond donors (Lipinski definition) is 4. The van der Waals surface area contributed by atoms with Gasteiger partial charge in [0.25, 0.3) is 5.91 Å². The summed E-state index contributed by atoms with van der Waals surface area (Å²) in [7, 11) is 0. The standard InChI is InChI=1S/C21H30N4O3/c1-5-22-19(26)17-9-7-8-16(12-17)13-24-20(23-6-2)25-14-21(4,27)18-11-10-15(3)28-18/h7-12,27H,5-6,13-14H2,1-4H3,(H,22,26)(H2,23,24,25). The molecule has 0 spiro atoms. The van der Waals surface area contributed by atoms with Gasteiger partial charge in [0.05, 0.1) is 13.1 Å². The Kier molecular flexibility index (Phi) is 7.63. The molecule has 152 valence electrons. The van der Waals surface area contributed by atoms with Crippen molar-refractivity contribution in [1.82, 2.24) is 16.0 Å². The molecule has 1 amide bonds. The molecule has 7 nitrogen and oxygen atoms in total. The molecular formula is C21H30N4O3. The molecule has 28 heavy (non-hydrogen) atoms. The zero-order valence-electron chi connectivity index (χ0n) is 17.0. The van der Waals surface area contributed by atoms with E-state index in [-0.39, 0.29) is 12.5 Å². The van der Waals surface area contributed by atoms with Gasteiger partial charge < -0.3 is 25.5 Å². The number of nitrogens with one attached hydrogen (secondary N) is 3. The van der Waals surface area contributed by atoms with E-state index in [0.717, 1.165) is 11.3 Å². The first-order chi connectivity index (χ1) is 13.4. The maximum absolute atomic E-state index is 12.0. The van der Waals surface area contributed by atoms with Crippen molar-refractivity contribution in [3.8, 4) is 0 Å². The lowest BCUT2D eigenvalue weighted by molar-refractivity contribution is 0.0378. The summed E-state index contributed by atoms with van der Waals surface area (Å²) in [5, 5.41) is 19.8. The number of carbonyl (C=O) groups excluding carboxylic acids is 1. The Morgan fingerprint density at radius 2 is 1.89 bits per heavy atom. The van der Waals surface area contributed by atoms with Crippen LogP contribution in [0.1, 0.15) is 48.2 Å². The number of furan rings is 1. The van der Waals surface area contributed by atoms with Crippen LogP contribution in [-0.4, -0.2) is 36.6 Å². The van der Waals surface area contributed by atoms with Gasteiger partial charge in [-0.3, -0.25) is 4.79 Å². The SMILES string of the molecule is CCNC(=O)c1cccc(CN=C(NCC)NCC(C)(O)c2ccc(C)o2)c1. The molecule has 1 heterocycles. The van der Waals surface area contributed by atoms with Gasteiger partial charge in [0.15, 0.2) is 5.96 Å². The highest BCUT2D eigenvalue weighted by atomic mass is 16.4. The van der Waals surface area contributed by atoms with Gasteiger partial charge in [-0.25, -0.2) is 4.99 Å². The minimum Gasteiger partial charge on any atom is -0.463 e. The highest BCUT2D eigenvalue weighted by molar-refractivity contribution is 5.94. The summed E-state index contributed by atoms with van der Waals surface area (Å²) in [5.74, 6) is 1.74. The van der Waals surface area contributed by atoms with E-state index in [4.69, 9.17) is 4.42 Å². The van der Waals surface area contributed by atoms with Crippen molar-refractivity contribution >= 4 is 11.9 Å². The van der Waals surface area contributed by atoms with Crippen LogP contribution >= 0.6 is 0 Å². The van der Waals surface area contributed by atoms with Crippen molar-refractivity contribution in [1.29, 1.82) is 0 Å². The van der Waals surface area contributed by atoms with Crippen molar-refractivity contribution in [3.05, 3.63) is 59.0 Å². The second kappa shape index (κ2) is 9.94. The van der Waals surface area contributed by atoms with Gasteiger partial charge in [0.2, 0.25) is 0 Å². The van der Waals surface area contributed by atoms with E-state index < -0.39 is 5.60 Å².